The molecule has 0 fully saturated rings. The Labute approximate surface area is 259 Å². The minimum absolute atomic E-state index is 0.584. The van der Waals surface area contributed by atoms with E-state index in [2.05, 4.69) is 89.5 Å². The normalized spacial score (nSPS) is 11.6. The minimum atomic E-state index is 0.584. The van der Waals surface area contributed by atoms with Gasteiger partial charge in [-0.15, -0.1) is 0 Å². The first kappa shape index (κ1) is 25.3. The zero-order chi connectivity index (χ0) is 29.7. The van der Waals surface area contributed by atoms with E-state index in [1.807, 2.05) is 66.9 Å². The van der Waals surface area contributed by atoms with E-state index in [9.17, 15) is 0 Å². The maximum Gasteiger partial charge on any atom is 0.165 e. The summed E-state index contributed by atoms with van der Waals surface area (Å²) in [6, 6.07) is 50.2. The Morgan fingerprint density at radius 1 is 0.400 bits per heavy atom. The third-order valence-electron chi connectivity index (χ3n) is 8.48. The molecule has 5 heteroatoms. The van der Waals surface area contributed by atoms with Crippen LogP contribution < -0.4 is 0 Å². The summed E-state index contributed by atoms with van der Waals surface area (Å²) in [5, 5.41) is 7.29. The molecular formula is C40H25N5. The number of hydrogen-bond donors (Lipinski definition) is 0. The number of nitrogens with zero attached hydrogens (tertiary/aromatic N) is 5. The number of hydrogen-bond acceptors (Lipinski definition) is 4. The van der Waals surface area contributed by atoms with Gasteiger partial charge in [-0.3, -0.25) is 4.57 Å². The zero-order valence-electron chi connectivity index (χ0n) is 24.2. The van der Waals surface area contributed by atoms with E-state index < -0.39 is 0 Å². The predicted octanol–water partition coefficient (Wildman–Crippen LogP) is 9.67. The Morgan fingerprint density at radius 2 is 0.956 bits per heavy atom. The first-order chi connectivity index (χ1) is 22.3. The second-order valence-electron chi connectivity index (χ2n) is 11.1. The third-order valence-corrected chi connectivity index (χ3v) is 8.48. The molecule has 6 aromatic carbocycles. The van der Waals surface area contributed by atoms with Crippen LogP contribution in [0.2, 0.25) is 0 Å². The fourth-order valence-corrected chi connectivity index (χ4v) is 6.37. The predicted molar refractivity (Wildman–Crippen MR) is 183 cm³/mol. The summed E-state index contributed by atoms with van der Waals surface area (Å²) >= 11 is 0. The largest absolute Gasteiger partial charge is 0.293 e. The number of benzene rings is 6. The molecule has 0 N–H and O–H groups in total. The number of rotatable bonds is 4. The van der Waals surface area contributed by atoms with Crippen LogP contribution >= 0.6 is 0 Å². The molecule has 0 spiro atoms. The van der Waals surface area contributed by atoms with Crippen LogP contribution in [0.15, 0.2) is 152 Å². The van der Waals surface area contributed by atoms with Crippen LogP contribution in [-0.2, 0) is 0 Å². The molecule has 3 aromatic heterocycles. The lowest BCUT2D eigenvalue weighted by atomic mass is 10.0. The molecule has 9 aromatic rings. The van der Waals surface area contributed by atoms with Crippen molar-refractivity contribution >= 4 is 43.4 Å². The van der Waals surface area contributed by atoms with Gasteiger partial charge in [-0.1, -0.05) is 127 Å². The van der Waals surface area contributed by atoms with Crippen LogP contribution in [0.25, 0.3) is 83.3 Å². The Morgan fingerprint density at radius 3 is 1.60 bits per heavy atom. The SMILES string of the molecule is c1ccc(-c2nc(-c3ccccc3)nc(-c3ccc(-n4c5ccc6ccccc6c5c5ccc6ccccc6c54)nc3)n2)cc1. The second-order valence-corrected chi connectivity index (χ2v) is 11.1. The average Bonchev–Trinajstić information content (AvgIpc) is 3.48. The molecule has 0 atom stereocenters. The molecule has 0 unspecified atom stereocenters. The molecule has 0 radical (unpaired) electrons. The van der Waals surface area contributed by atoms with Gasteiger partial charge in [0.25, 0.3) is 0 Å². The molecule has 45 heavy (non-hydrogen) atoms. The van der Waals surface area contributed by atoms with Gasteiger partial charge in [-0.2, -0.15) is 0 Å². The van der Waals surface area contributed by atoms with Crippen molar-refractivity contribution in [2.24, 2.45) is 0 Å². The summed E-state index contributed by atoms with van der Waals surface area (Å²) in [6.45, 7) is 0. The lowest BCUT2D eigenvalue weighted by molar-refractivity contribution is 1.05. The van der Waals surface area contributed by atoms with Gasteiger partial charge < -0.3 is 0 Å². The highest BCUT2D eigenvalue weighted by molar-refractivity contribution is 6.25. The molecule has 0 aliphatic carbocycles. The smallest absolute Gasteiger partial charge is 0.165 e. The highest BCUT2D eigenvalue weighted by atomic mass is 15.1. The highest BCUT2D eigenvalue weighted by Gasteiger charge is 2.18. The second kappa shape index (κ2) is 10.2. The maximum atomic E-state index is 5.05. The average molecular weight is 576 g/mol. The van der Waals surface area contributed by atoms with Gasteiger partial charge in [0.2, 0.25) is 0 Å². The minimum Gasteiger partial charge on any atom is -0.293 e. The zero-order valence-corrected chi connectivity index (χ0v) is 24.2. The van der Waals surface area contributed by atoms with E-state index in [4.69, 9.17) is 19.9 Å². The Hall–Kier alpha value is -6.20. The molecular weight excluding hydrogens is 550 g/mol. The maximum absolute atomic E-state index is 5.05. The van der Waals surface area contributed by atoms with Gasteiger partial charge in [0.05, 0.1) is 11.0 Å². The summed E-state index contributed by atoms with van der Waals surface area (Å²) in [6.07, 6.45) is 1.87. The summed E-state index contributed by atoms with van der Waals surface area (Å²) < 4.78 is 2.29. The quantitative estimate of drug-likeness (QED) is 0.210. The number of aromatic nitrogens is 5. The topological polar surface area (TPSA) is 56.5 Å². The highest BCUT2D eigenvalue weighted by Crippen LogP contribution is 2.39. The first-order valence-corrected chi connectivity index (χ1v) is 15.0. The van der Waals surface area contributed by atoms with Gasteiger partial charge in [-0.25, -0.2) is 19.9 Å². The molecule has 0 aliphatic heterocycles. The Bertz CT molecular complexity index is 2460. The van der Waals surface area contributed by atoms with Gasteiger partial charge in [0, 0.05) is 39.0 Å². The molecule has 0 saturated carbocycles. The summed E-state index contributed by atoms with van der Waals surface area (Å²) in [5.41, 5.74) is 4.97. The van der Waals surface area contributed by atoms with Crippen LogP contribution in [0, 0.1) is 0 Å². The van der Waals surface area contributed by atoms with Crippen molar-refractivity contribution < 1.29 is 0 Å². The van der Waals surface area contributed by atoms with Crippen molar-refractivity contribution in [3.63, 3.8) is 0 Å². The van der Waals surface area contributed by atoms with Crippen LogP contribution in [-0.4, -0.2) is 24.5 Å². The first-order valence-electron chi connectivity index (χ1n) is 15.0. The van der Waals surface area contributed by atoms with Gasteiger partial charge >= 0.3 is 0 Å². The Kier molecular flexibility index (Phi) is 5.74. The summed E-state index contributed by atoms with van der Waals surface area (Å²) in [4.78, 5) is 19.7. The van der Waals surface area contributed by atoms with E-state index in [0.717, 1.165) is 33.5 Å². The van der Waals surface area contributed by atoms with E-state index in [-0.39, 0.29) is 0 Å². The molecule has 5 nitrogen and oxygen atoms in total. The van der Waals surface area contributed by atoms with Crippen molar-refractivity contribution in [1.29, 1.82) is 0 Å². The van der Waals surface area contributed by atoms with Crippen LogP contribution in [0.5, 0.6) is 0 Å². The van der Waals surface area contributed by atoms with Gasteiger partial charge in [-0.05, 0) is 34.4 Å². The van der Waals surface area contributed by atoms with Crippen molar-refractivity contribution in [1.82, 2.24) is 24.5 Å². The van der Waals surface area contributed by atoms with Crippen LogP contribution in [0.1, 0.15) is 0 Å². The molecule has 0 amide bonds. The van der Waals surface area contributed by atoms with Crippen molar-refractivity contribution in [3.8, 4) is 40.0 Å². The summed E-state index contributed by atoms with van der Waals surface area (Å²) in [7, 11) is 0. The van der Waals surface area contributed by atoms with E-state index in [1.54, 1.807) is 0 Å². The van der Waals surface area contributed by atoms with Gasteiger partial charge in [0.15, 0.2) is 17.5 Å². The third kappa shape index (κ3) is 4.17. The molecule has 0 bridgehead atoms. The van der Waals surface area contributed by atoms with Gasteiger partial charge in [0.1, 0.15) is 5.82 Å². The fraction of sp³-hybridized carbons (Fsp3) is 0. The number of fused-ring (bicyclic) bond motifs is 7. The van der Waals surface area contributed by atoms with Crippen molar-refractivity contribution in [3.05, 3.63) is 152 Å². The van der Waals surface area contributed by atoms with Crippen LogP contribution in [0.3, 0.4) is 0 Å². The monoisotopic (exact) mass is 575 g/mol. The molecule has 3 heterocycles. The lowest BCUT2D eigenvalue weighted by Gasteiger charge is -2.11. The van der Waals surface area contributed by atoms with E-state index in [0.29, 0.717) is 17.5 Å². The van der Waals surface area contributed by atoms with Crippen LogP contribution in [0.4, 0.5) is 0 Å². The van der Waals surface area contributed by atoms with E-state index >= 15 is 0 Å². The molecule has 0 saturated heterocycles. The molecule has 210 valence electrons. The summed E-state index contributed by atoms with van der Waals surface area (Å²) in [5.74, 6) is 2.68. The van der Waals surface area contributed by atoms with Crippen molar-refractivity contribution in [2.75, 3.05) is 0 Å². The fourth-order valence-electron chi connectivity index (χ4n) is 6.37. The van der Waals surface area contributed by atoms with E-state index in [1.165, 1.54) is 32.3 Å². The Balaban J connectivity index is 1.25. The standard InChI is InChI=1S/C40H25N5/c1-3-13-28(14-4-1)38-42-39(29-15-5-2-6-16-29)44-40(43-38)30-21-24-35(41-25-30)45-34-23-20-26-11-7-9-17-31(26)36(34)33-22-19-27-12-8-10-18-32(27)37(33)45/h1-25H. The molecule has 0 aliphatic rings. The molecule has 9 rings (SSSR count). The van der Waals surface area contributed by atoms with Crippen molar-refractivity contribution in [2.45, 2.75) is 0 Å². The number of pyridine rings is 1. The lowest BCUT2D eigenvalue weighted by Crippen LogP contribution is -2.01.